The first-order valence-corrected chi connectivity index (χ1v) is 14.7. The van der Waals surface area contributed by atoms with E-state index < -0.39 is 11.7 Å². The van der Waals surface area contributed by atoms with Crippen molar-refractivity contribution >= 4 is 40.4 Å². The number of aromatic nitrogens is 2. The topological polar surface area (TPSA) is 128 Å². The highest BCUT2D eigenvalue weighted by atomic mass is 19.1. The lowest BCUT2D eigenvalue weighted by Gasteiger charge is -2.41. The molecule has 2 saturated heterocycles. The normalized spacial score (nSPS) is 15.8. The van der Waals surface area contributed by atoms with Crippen LogP contribution in [0.4, 0.5) is 38.9 Å². The number of nitriles is 1. The maximum Gasteiger partial charge on any atom is 0.247 e. The van der Waals surface area contributed by atoms with Crippen molar-refractivity contribution in [1.82, 2.24) is 14.9 Å². The number of benzene rings is 2. The van der Waals surface area contributed by atoms with Gasteiger partial charge in [0.05, 0.1) is 48.3 Å². The number of carbonyl (C=O) groups excluding carboxylic acids is 1. The number of morpholine rings is 1. The molecule has 44 heavy (non-hydrogen) atoms. The van der Waals surface area contributed by atoms with Gasteiger partial charge in [0.2, 0.25) is 11.9 Å². The zero-order valence-corrected chi connectivity index (χ0v) is 25.0. The van der Waals surface area contributed by atoms with Crippen molar-refractivity contribution < 1.29 is 18.7 Å². The fourth-order valence-corrected chi connectivity index (χ4v) is 5.40. The monoisotopic (exact) mass is 600 g/mol. The molecule has 0 unspecified atom stereocenters. The van der Waals surface area contributed by atoms with E-state index in [2.05, 4.69) is 43.5 Å². The van der Waals surface area contributed by atoms with E-state index in [1.165, 1.54) is 12.3 Å². The number of halogens is 1. The van der Waals surface area contributed by atoms with Gasteiger partial charge in [0.15, 0.2) is 5.82 Å². The number of carbonyl (C=O) groups is 1. The zero-order valence-electron chi connectivity index (χ0n) is 25.0. The van der Waals surface area contributed by atoms with Crippen LogP contribution in [0.15, 0.2) is 55.3 Å². The maximum atomic E-state index is 15.7. The fourth-order valence-electron chi connectivity index (χ4n) is 5.40. The summed E-state index contributed by atoms with van der Waals surface area (Å²) in [5.74, 6) is 0.0470. The molecule has 0 bridgehead atoms. The van der Waals surface area contributed by atoms with Crippen LogP contribution < -0.4 is 25.6 Å². The van der Waals surface area contributed by atoms with Crippen molar-refractivity contribution in [3.8, 4) is 11.8 Å². The van der Waals surface area contributed by atoms with E-state index in [4.69, 9.17) is 9.47 Å². The molecule has 12 heteroatoms. The molecule has 0 spiro atoms. The van der Waals surface area contributed by atoms with Crippen molar-refractivity contribution in [2.24, 2.45) is 0 Å². The molecule has 2 fully saturated rings. The smallest absolute Gasteiger partial charge is 0.247 e. The van der Waals surface area contributed by atoms with Gasteiger partial charge in [-0.15, -0.1) is 0 Å². The molecular weight excluding hydrogens is 563 g/mol. The Kier molecular flexibility index (Phi) is 9.89. The van der Waals surface area contributed by atoms with Gasteiger partial charge in [-0.1, -0.05) is 18.7 Å². The molecule has 0 radical (unpaired) electrons. The summed E-state index contributed by atoms with van der Waals surface area (Å²) >= 11 is 0. The van der Waals surface area contributed by atoms with Crippen LogP contribution in [0.5, 0.6) is 5.75 Å². The van der Waals surface area contributed by atoms with E-state index >= 15 is 4.39 Å². The Morgan fingerprint density at radius 3 is 2.59 bits per heavy atom. The quantitative estimate of drug-likeness (QED) is 0.268. The number of nitrogens with one attached hydrogen (secondary N) is 3. The second kappa shape index (κ2) is 14.2. The van der Waals surface area contributed by atoms with Gasteiger partial charge in [-0.2, -0.15) is 10.2 Å². The standard InChI is InChI=1S/C32H37FN8O3/c1-4-30(42)36-27-18-28(41-11-9-23(10-12-41)40-13-15-43-16-14-40)24(33)17-26(27)38-32-35-20-22(19-34)31(39-32)37-25-7-5-6-8-29(25)44-21(2)3/h4-8,17-18,20-21,23H,1,9-16H2,2-3H3,(H,36,42)(H2,35,37,38,39). The highest BCUT2D eigenvalue weighted by Gasteiger charge is 2.28. The molecule has 1 aromatic heterocycles. The molecule has 2 aliphatic rings. The van der Waals surface area contributed by atoms with Crippen molar-refractivity contribution in [3.63, 3.8) is 0 Å². The van der Waals surface area contributed by atoms with E-state index in [0.717, 1.165) is 45.2 Å². The molecule has 3 aromatic rings. The molecule has 3 heterocycles. The average Bonchev–Trinajstić information content (AvgIpc) is 3.03. The lowest BCUT2D eigenvalue weighted by molar-refractivity contribution is -0.111. The van der Waals surface area contributed by atoms with Crippen molar-refractivity contribution in [3.05, 3.63) is 66.6 Å². The third kappa shape index (κ3) is 7.42. The van der Waals surface area contributed by atoms with Crippen molar-refractivity contribution in [1.29, 1.82) is 5.26 Å². The van der Waals surface area contributed by atoms with E-state index in [9.17, 15) is 10.1 Å². The second-order valence-corrected chi connectivity index (χ2v) is 10.9. The van der Waals surface area contributed by atoms with E-state index in [-0.39, 0.29) is 29.1 Å². The molecule has 3 N–H and O–H groups in total. The van der Waals surface area contributed by atoms with Gasteiger partial charge >= 0.3 is 0 Å². The largest absolute Gasteiger partial charge is 0.489 e. The lowest BCUT2D eigenvalue weighted by atomic mass is 10.0. The Balaban J connectivity index is 1.39. The summed E-state index contributed by atoms with van der Waals surface area (Å²) < 4.78 is 27.0. The average molecular weight is 601 g/mol. The minimum absolute atomic E-state index is 0.0609. The number of piperidine rings is 1. The van der Waals surface area contributed by atoms with Crippen LogP contribution in [0.25, 0.3) is 0 Å². The van der Waals surface area contributed by atoms with Crippen LogP contribution in [-0.2, 0) is 9.53 Å². The molecular formula is C32H37FN8O3. The highest BCUT2D eigenvalue weighted by molar-refractivity contribution is 6.02. The second-order valence-electron chi connectivity index (χ2n) is 10.9. The predicted octanol–water partition coefficient (Wildman–Crippen LogP) is 5.19. The van der Waals surface area contributed by atoms with Gasteiger partial charge in [0.25, 0.3) is 0 Å². The minimum Gasteiger partial charge on any atom is -0.489 e. The molecule has 0 saturated carbocycles. The predicted molar refractivity (Wildman–Crippen MR) is 168 cm³/mol. The molecule has 0 aliphatic carbocycles. The van der Waals surface area contributed by atoms with Crippen LogP contribution in [0.1, 0.15) is 32.3 Å². The van der Waals surface area contributed by atoms with Crippen molar-refractivity contribution in [2.75, 3.05) is 60.2 Å². The Bertz CT molecular complexity index is 1530. The number of nitrogens with zero attached hydrogens (tertiary/aromatic N) is 5. The summed E-state index contributed by atoms with van der Waals surface area (Å²) in [6, 6.07) is 12.8. The Morgan fingerprint density at radius 2 is 1.89 bits per heavy atom. The van der Waals surface area contributed by atoms with Gasteiger partial charge in [-0.3, -0.25) is 9.69 Å². The third-order valence-electron chi connectivity index (χ3n) is 7.56. The van der Waals surface area contributed by atoms with Crippen LogP contribution in [-0.4, -0.2) is 72.3 Å². The number of ether oxygens (including phenoxy) is 2. The van der Waals surface area contributed by atoms with Gasteiger partial charge in [0.1, 0.15) is 23.2 Å². The summed E-state index contributed by atoms with van der Waals surface area (Å²) in [4.78, 5) is 25.6. The van der Waals surface area contributed by atoms with Crippen molar-refractivity contribution in [2.45, 2.75) is 38.8 Å². The van der Waals surface area contributed by atoms with E-state index in [1.54, 1.807) is 6.07 Å². The molecule has 5 rings (SSSR count). The Morgan fingerprint density at radius 1 is 1.14 bits per heavy atom. The molecule has 11 nitrogen and oxygen atoms in total. The SMILES string of the molecule is C=CC(=O)Nc1cc(N2CCC(N3CCOCC3)CC2)c(F)cc1Nc1ncc(C#N)c(Nc2ccccc2OC(C)C)n1. The molecule has 230 valence electrons. The number of para-hydroxylation sites is 2. The number of amides is 1. The fraction of sp³-hybridized carbons (Fsp3) is 0.375. The number of hydrogen-bond donors (Lipinski definition) is 3. The Labute approximate surface area is 256 Å². The van der Waals surface area contributed by atoms with Gasteiger partial charge < -0.3 is 30.3 Å². The lowest BCUT2D eigenvalue weighted by Crippen LogP contribution is -2.49. The summed E-state index contributed by atoms with van der Waals surface area (Å²) in [5.41, 5.74) is 1.83. The molecule has 0 atom stereocenters. The highest BCUT2D eigenvalue weighted by Crippen LogP contribution is 2.35. The Hall–Kier alpha value is -4.73. The van der Waals surface area contributed by atoms with Gasteiger partial charge in [-0.05, 0) is 51.0 Å². The molecule has 2 aliphatic heterocycles. The maximum absolute atomic E-state index is 15.7. The molecule has 1 amide bonds. The van der Waals surface area contributed by atoms with Crippen LogP contribution in [0.2, 0.25) is 0 Å². The number of hydrogen-bond acceptors (Lipinski definition) is 10. The van der Waals surface area contributed by atoms with Crippen LogP contribution >= 0.6 is 0 Å². The molecule has 2 aromatic carbocycles. The van der Waals surface area contributed by atoms with Crippen LogP contribution in [0, 0.1) is 17.1 Å². The summed E-state index contributed by atoms with van der Waals surface area (Å²) in [6.07, 6.45) is 4.28. The van der Waals surface area contributed by atoms with E-state index in [1.807, 2.05) is 43.0 Å². The first-order valence-electron chi connectivity index (χ1n) is 14.7. The zero-order chi connectivity index (χ0) is 31.1. The van der Waals surface area contributed by atoms with Gasteiger partial charge in [-0.25, -0.2) is 9.37 Å². The summed E-state index contributed by atoms with van der Waals surface area (Å²) in [6.45, 7) is 12.1. The first kappa shape index (κ1) is 30.7. The number of anilines is 6. The summed E-state index contributed by atoms with van der Waals surface area (Å²) in [5, 5.41) is 18.7. The summed E-state index contributed by atoms with van der Waals surface area (Å²) in [7, 11) is 0. The van der Waals surface area contributed by atoms with Gasteiger partial charge in [0, 0.05) is 38.3 Å². The first-order chi connectivity index (χ1) is 21.3. The number of rotatable bonds is 10. The van der Waals surface area contributed by atoms with E-state index in [0.29, 0.717) is 41.9 Å². The van der Waals surface area contributed by atoms with Crippen LogP contribution in [0.3, 0.4) is 0 Å². The third-order valence-corrected chi connectivity index (χ3v) is 7.56. The minimum atomic E-state index is -0.444.